The van der Waals surface area contributed by atoms with Gasteiger partial charge in [-0.1, -0.05) is 7.43 Å². The van der Waals surface area contributed by atoms with Gasteiger partial charge in [0.25, 0.3) is 0 Å². The van der Waals surface area contributed by atoms with E-state index in [9.17, 15) is 0 Å². The molecule has 0 heterocycles. The summed E-state index contributed by atoms with van der Waals surface area (Å²) in [5.41, 5.74) is 0. The average Bonchev–Trinajstić information content (AvgIpc) is 0.811. The van der Waals surface area contributed by atoms with Gasteiger partial charge in [-0.2, -0.15) is 0 Å². The minimum Gasteiger partial charge on any atom is -0.652 e. The smallest absolute Gasteiger partial charge is 0.652 e. The van der Waals surface area contributed by atoms with Crippen LogP contribution >= 0.6 is 0 Å². The van der Waals surface area contributed by atoms with Crippen LogP contribution in [0.1, 0.15) is 7.43 Å². The molecule has 0 aromatic rings. The van der Waals surface area contributed by atoms with E-state index in [1.807, 2.05) is 0 Å². The first kappa shape index (κ1) is 16.3. The monoisotopic (exact) mass is 99.0 g/mol. The van der Waals surface area contributed by atoms with Crippen LogP contribution in [0.5, 0.6) is 0 Å². The van der Waals surface area contributed by atoms with Crippen LogP contribution in [0.25, 0.3) is 0 Å². The Bertz CT molecular complexity index is 31.8. The van der Waals surface area contributed by atoms with Crippen molar-refractivity contribution in [2.45, 2.75) is 7.43 Å². The molecule has 0 aromatic heterocycles. The zero-order chi connectivity index (χ0) is 3.58. The molecule has 4 heteroatoms. The summed E-state index contributed by atoms with van der Waals surface area (Å²) in [6.45, 7) is 0. The van der Waals surface area contributed by atoms with Gasteiger partial charge in [0, 0.05) is 0 Å². The van der Waals surface area contributed by atoms with Crippen LogP contribution in [0.2, 0.25) is 0 Å². The number of carbonyl (C=O) groups excluding carboxylic acids is 1. The molecule has 32 valence electrons. The van der Waals surface area contributed by atoms with Crippen LogP contribution in [0.3, 0.4) is 0 Å². The first-order valence-corrected chi connectivity index (χ1v) is 0.612. The summed E-state index contributed by atoms with van der Waals surface area (Å²) in [6, 6.07) is 0. The second-order valence-electron chi connectivity index (χ2n) is 0.250. The summed E-state index contributed by atoms with van der Waals surface area (Å²) in [4.78, 5) is 8.33. The molecule has 0 aliphatic carbocycles. The minimum atomic E-state index is -2.33. The standard InChI is InChI=1S/CH2O3.CH4.Na/c2-1(3)4;;/h(H2,2,3,4);1H4;/q;;+1/p-2. The van der Waals surface area contributed by atoms with Gasteiger partial charge in [-0.15, -0.1) is 0 Å². The second-order valence-corrected chi connectivity index (χ2v) is 0.250. The fourth-order valence-corrected chi connectivity index (χ4v) is 0. The Hall–Kier alpha value is 0.270. The van der Waals surface area contributed by atoms with Crippen molar-refractivity contribution >= 4 is 6.16 Å². The first-order valence-electron chi connectivity index (χ1n) is 0.612. The quantitative estimate of drug-likeness (QED) is 0.286. The van der Waals surface area contributed by atoms with Crippen molar-refractivity contribution in [2.75, 3.05) is 0 Å². The maximum absolute atomic E-state index is 8.33. The Kier molecular flexibility index (Phi) is 24.4. The summed E-state index contributed by atoms with van der Waals surface area (Å²) in [7, 11) is 0. The summed E-state index contributed by atoms with van der Waals surface area (Å²) < 4.78 is 0. The molecule has 0 unspecified atom stereocenters. The van der Waals surface area contributed by atoms with E-state index in [1.165, 1.54) is 0 Å². The molecule has 0 bridgehead atoms. The summed E-state index contributed by atoms with van der Waals surface area (Å²) in [5.74, 6) is 0. The molecule has 0 aliphatic heterocycles. The van der Waals surface area contributed by atoms with Crippen molar-refractivity contribution in [1.82, 2.24) is 0 Å². The van der Waals surface area contributed by atoms with Crippen molar-refractivity contribution in [3.63, 3.8) is 0 Å². The van der Waals surface area contributed by atoms with Crippen LogP contribution in [0.15, 0.2) is 0 Å². The molecule has 0 atom stereocenters. The Labute approximate surface area is 58.3 Å². The Morgan fingerprint density at radius 1 is 1.33 bits per heavy atom. The van der Waals surface area contributed by atoms with Gasteiger partial charge in [0.05, 0.1) is 0 Å². The molecule has 0 radical (unpaired) electrons. The zero-order valence-electron chi connectivity index (χ0n) is 2.72. The molecule has 0 fully saturated rings. The molecule has 3 nitrogen and oxygen atoms in total. The normalized spacial score (nSPS) is 4.00. The van der Waals surface area contributed by atoms with Gasteiger partial charge in [0.2, 0.25) is 0 Å². The van der Waals surface area contributed by atoms with Crippen molar-refractivity contribution in [3.05, 3.63) is 0 Å². The zero-order valence-corrected chi connectivity index (χ0v) is 4.72. The third-order valence-corrected chi connectivity index (χ3v) is 0. The summed E-state index contributed by atoms with van der Waals surface area (Å²) in [6.07, 6.45) is -2.33. The molecule has 0 spiro atoms. The molecule has 0 amide bonds. The van der Waals surface area contributed by atoms with E-state index in [0.717, 1.165) is 0 Å². The van der Waals surface area contributed by atoms with Gasteiger partial charge in [0.15, 0.2) is 0 Å². The fraction of sp³-hybridized carbons (Fsp3) is 0.500. The van der Waals surface area contributed by atoms with Crippen molar-refractivity contribution in [2.24, 2.45) is 0 Å². The predicted molar refractivity (Wildman–Crippen MR) is 12.1 cm³/mol. The molecular weight excluding hydrogens is 95.0 g/mol. The van der Waals surface area contributed by atoms with Gasteiger partial charge in [-0.3, -0.25) is 0 Å². The van der Waals surface area contributed by atoms with Gasteiger partial charge in [-0.05, 0) is 6.16 Å². The van der Waals surface area contributed by atoms with Gasteiger partial charge in [-0.25, -0.2) is 0 Å². The third kappa shape index (κ3) is 626. The van der Waals surface area contributed by atoms with Crippen LogP contribution in [-0.4, -0.2) is 6.16 Å². The number of hydrogen-bond donors (Lipinski definition) is 0. The van der Waals surface area contributed by atoms with E-state index >= 15 is 0 Å². The van der Waals surface area contributed by atoms with Gasteiger partial charge >= 0.3 is 29.6 Å². The first-order chi connectivity index (χ1) is 1.73. The molecule has 0 saturated carbocycles. The third-order valence-electron chi connectivity index (χ3n) is 0. The summed E-state index contributed by atoms with van der Waals surface area (Å²) in [5, 5.41) is 16.7. The maximum Gasteiger partial charge on any atom is 1.00 e. The second kappa shape index (κ2) is 8.99. The molecule has 0 aromatic carbocycles. The van der Waals surface area contributed by atoms with E-state index in [1.54, 1.807) is 0 Å². The largest absolute Gasteiger partial charge is 1.00 e. The number of rotatable bonds is 0. The summed E-state index contributed by atoms with van der Waals surface area (Å²) >= 11 is 0. The molecule has 0 saturated heterocycles. The number of carboxylic acid groups (broad SMARTS) is 2. The molecule has 0 rings (SSSR count). The molecule has 0 N–H and O–H groups in total. The van der Waals surface area contributed by atoms with Crippen molar-refractivity contribution < 1.29 is 44.6 Å². The fourth-order valence-electron chi connectivity index (χ4n) is 0. The average molecular weight is 99.0 g/mol. The topological polar surface area (TPSA) is 63.2 Å². The maximum atomic E-state index is 8.33. The van der Waals surface area contributed by atoms with Crippen LogP contribution in [0.4, 0.5) is 4.79 Å². The van der Waals surface area contributed by atoms with Gasteiger partial charge < -0.3 is 15.0 Å². The predicted octanol–water partition coefficient (Wildman–Crippen LogP) is -4.81. The Morgan fingerprint density at radius 3 is 1.33 bits per heavy atom. The van der Waals surface area contributed by atoms with E-state index in [4.69, 9.17) is 15.0 Å². The Balaban J connectivity index is -0.0000000450. The van der Waals surface area contributed by atoms with E-state index < -0.39 is 6.16 Å². The van der Waals surface area contributed by atoms with Crippen molar-refractivity contribution in [3.8, 4) is 0 Å². The Morgan fingerprint density at radius 2 is 1.33 bits per heavy atom. The van der Waals surface area contributed by atoms with E-state index in [2.05, 4.69) is 0 Å². The van der Waals surface area contributed by atoms with Crippen molar-refractivity contribution in [1.29, 1.82) is 0 Å². The van der Waals surface area contributed by atoms with Crippen LogP contribution < -0.4 is 39.8 Å². The van der Waals surface area contributed by atoms with Gasteiger partial charge in [0.1, 0.15) is 0 Å². The van der Waals surface area contributed by atoms with E-state index in [0.29, 0.717) is 0 Å². The molecule has 0 aliphatic rings. The van der Waals surface area contributed by atoms with E-state index in [-0.39, 0.29) is 37.0 Å². The van der Waals surface area contributed by atoms with Crippen LogP contribution in [-0.2, 0) is 0 Å². The van der Waals surface area contributed by atoms with Crippen LogP contribution in [0, 0.1) is 0 Å². The number of carbonyl (C=O) groups is 1. The number of hydrogen-bond acceptors (Lipinski definition) is 3. The minimum absolute atomic E-state index is 0. The SMILES string of the molecule is C.O=C([O-])[O-].[Na+]. The molecule has 6 heavy (non-hydrogen) atoms. The molecular formula is C2H4NaO3-.